The molecule has 0 aliphatic heterocycles. The minimum Gasteiger partial charge on any atom is -0.357 e. The Morgan fingerprint density at radius 1 is 0.814 bits per heavy atom. The quantitative estimate of drug-likeness (QED) is 0.210. The van der Waals surface area contributed by atoms with Crippen molar-refractivity contribution >= 4 is 39.3 Å². The van der Waals surface area contributed by atoms with Gasteiger partial charge in [0, 0.05) is 24.9 Å². The maximum Gasteiger partial charge on any atom is 0.264 e. The number of anilines is 1. The number of nitrogens with zero attached hydrogens (tertiary/aromatic N) is 2. The summed E-state index contributed by atoms with van der Waals surface area (Å²) in [5.74, 6) is -0.821. The largest absolute Gasteiger partial charge is 0.357 e. The third kappa shape index (κ3) is 8.06. The number of aryl methyl sites for hydroxylation is 2. The maximum atomic E-state index is 14.4. The molecule has 0 unspecified atom stereocenters. The van der Waals surface area contributed by atoms with Gasteiger partial charge in [0.1, 0.15) is 12.6 Å². The van der Waals surface area contributed by atoms with Gasteiger partial charge in [-0.05, 0) is 67.6 Å². The molecular formula is C34H37N3O4S2. The van der Waals surface area contributed by atoms with E-state index < -0.39 is 28.5 Å². The van der Waals surface area contributed by atoms with Crippen LogP contribution >= 0.6 is 11.8 Å². The van der Waals surface area contributed by atoms with Crippen molar-refractivity contribution in [1.82, 2.24) is 10.2 Å². The molecule has 1 N–H and O–H groups in total. The van der Waals surface area contributed by atoms with Crippen LogP contribution in [-0.2, 0) is 32.6 Å². The molecule has 224 valence electrons. The first kappa shape index (κ1) is 31.8. The van der Waals surface area contributed by atoms with E-state index in [2.05, 4.69) is 5.32 Å². The Hall–Kier alpha value is -4.08. The predicted molar refractivity (Wildman–Crippen MR) is 174 cm³/mol. The van der Waals surface area contributed by atoms with E-state index in [1.54, 1.807) is 36.4 Å². The van der Waals surface area contributed by atoms with Crippen LogP contribution in [0.25, 0.3) is 0 Å². The highest BCUT2D eigenvalue weighted by molar-refractivity contribution is 7.98. The van der Waals surface area contributed by atoms with Gasteiger partial charge in [0.2, 0.25) is 11.8 Å². The molecule has 0 saturated carbocycles. The van der Waals surface area contributed by atoms with Crippen LogP contribution in [0.4, 0.5) is 5.69 Å². The predicted octanol–water partition coefficient (Wildman–Crippen LogP) is 5.61. The molecule has 4 aromatic carbocycles. The fraction of sp³-hybridized carbons (Fsp3) is 0.235. The molecule has 0 radical (unpaired) electrons. The zero-order valence-electron chi connectivity index (χ0n) is 24.9. The average Bonchev–Trinajstić information content (AvgIpc) is 3.02. The van der Waals surface area contributed by atoms with Crippen molar-refractivity contribution < 1.29 is 18.0 Å². The Kier molecular flexibility index (Phi) is 10.7. The molecule has 0 fully saturated rings. The summed E-state index contributed by atoms with van der Waals surface area (Å²) in [7, 11) is -2.60. The molecule has 43 heavy (non-hydrogen) atoms. The lowest BCUT2D eigenvalue weighted by atomic mass is 10.0. The second kappa shape index (κ2) is 14.4. The van der Waals surface area contributed by atoms with Crippen molar-refractivity contribution in [2.45, 2.75) is 42.6 Å². The van der Waals surface area contributed by atoms with Crippen LogP contribution < -0.4 is 9.62 Å². The van der Waals surface area contributed by atoms with Gasteiger partial charge in [0.05, 0.1) is 10.6 Å². The van der Waals surface area contributed by atoms with Crippen LogP contribution in [0.2, 0.25) is 0 Å². The molecule has 0 aliphatic rings. The average molecular weight is 616 g/mol. The van der Waals surface area contributed by atoms with Gasteiger partial charge in [0.25, 0.3) is 10.0 Å². The van der Waals surface area contributed by atoms with E-state index in [0.29, 0.717) is 5.69 Å². The van der Waals surface area contributed by atoms with Gasteiger partial charge in [-0.25, -0.2) is 8.42 Å². The molecule has 2 amide bonds. The zero-order chi connectivity index (χ0) is 31.0. The van der Waals surface area contributed by atoms with Crippen LogP contribution in [0.15, 0.2) is 113 Å². The van der Waals surface area contributed by atoms with Crippen molar-refractivity contribution in [3.63, 3.8) is 0 Å². The minimum absolute atomic E-state index is 0.0797. The molecule has 1 atom stereocenters. The number of amides is 2. The van der Waals surface area contributed by atoms with E-state index in [0.717, 1.165) is 31.5 Å². The molecule has 4 aromatic rings. The van der Waals surface area contributed by atoms with Crippen molar-refractivity contribution in [3.8, 4) is 0 Å². The normalized spacial score (nSPS) is 11.9. The van der Waals surface area contributed by atoms with Gasteiger partial charge in [-0.1, -0.05) is 77.9 Å². The standard InChI is InChI=1S/C34H37N3O4S2/c1-25-13-15-29(16-14-25)37(43(40,41)31-19-17-30(42-4)18-20-31)24-33(38)36(23-28-12-8-9-26(2)21-28)32(34(39)35-3)22-27-10-6-5-7-11-27/h5-21,32H,22-24H2,1-4H3,(H,35,39)/t32-/m1/s1. The van der Waals surface area contributed by atoms with Crippen LogP contribution in [-0.4, -0.2) is 51.0 Å². The molecule has 0 bridgehead atoms. The SMILES string of the molecule is CNC(=O)[C@@H](Cc1ccccc1)N(Cc1cccc(C)c1)C(=O)CN(c1ccc(C)cc1)S(=O)(=O)c1ccc(SC)cc1. The Bertz CT molecular complexity index is 1640. The first-order valence-corrected chi connectivity index (χ1v) is 16.6. The number of nitrogens with one attached hydrogen (secondary N) is 1. The molecule has 0 heterocycles. The molecule has 0 saturated heterocycles. The molecule has 9 heteroatoms. The number of hydrogen-bond acceptors (Lipinski definition) is 5. The van der Waals surface area contributed by atoms with Crippen molar-refractivity contribution in [2.75, 3.05) is 24.2 Å². The van der Waals surface area contributed by atoms with Gasteiger partial charge in [0.15, 0.2) is 0 Å². The van der Waals surface area contributed by atoms with E-state index >= 15 is 0 Å². The van der Waals surface area contributed by atoms with E-state index in [4.69, 9.17) is 0 Å². The van der Waals surface area contributed by atoms with Gasteiger partial charge in [-0.2, -0.15) is 0 Å². The second-order valence-corrected chi connectivity index (χ2v) is 13.1. The maximum absolute atomic E-state index is 14.4. The summed E-state index contributed by atoms with van der Waals surface area (Å²) in [6.07, 6.45) is 2.19. The molecule has 7 nitrogen and oxygen atoms in total. The number of likely N-dealkylation sites (N-methyl/N-ethyl adjacent to an activating group) is 1. The Morgan fingerprint density at radius 3 is 2.07 bits per heavy atom. The molecule has 4 rings (SSSR count). The smallest absolute Gasteiger partial charge is 0.264 e. The van der Waals surface area contributed by atoms with Gasteiger partial charge >= 0.3 is 0 Å². The Balaban J connectivity index is 1.78. The highest BCUT2D eigenvalue weighted by Gasteiger charge is 2.34. The Morgan fingerprint density at radius 2 is 1.47 bits per heavy atom. The topological polar surface area (TPSA) is 86.8 Å². The molecule has 0 aromatic heterocycles. The lowest BCUT2D eigenvalue weighted by Gasteiger charge is -2.33. The second-order valence-electron chi connectivity index (χ2n) is 10.4. The number of hydrogen-bond donors (Lipinski definition) is 1. The van der Waals surface area contributed by atoms with E-state index in [9.17, 15) is 18.0 Å². The van der Waals surface area contributed by atoms with Gasteiger partial charge < -0.3 is 10.2 Å². The lowest BCUT2D eigenvalue weighted by Crippen LogP contribution is -2.53. The molecule has 0 spiro atoms. The summed E-state index contributed by atoms with van der Waals surface area (Å²) in [5.41, 5.74) is 4.06. The summed E-state index contributed by atoms with van der Waals surface area (Å²) >= 11 is 1.51. The summed E-state index contributed by atoms with van der Waals surface area (Å²) in [4.78, 5) is 30.2. The van der Waals surface area contributed by atoms with Crippen molar-refractivity contribution in [3.05, 3.63) is 125 Å². The fourth-order valence-corrected chi connectivity index (χ4v) is 6.66. The Labute approximate surface area is 259 Å². The van der Waals surface area contributed by atoms with Crippen molar-refractivity contribution in [1.29, 1.82) is 0 Å². The lowest BCUT2D eigenvalue weighted by molar-refractivity contribution is -0.139. The number of carbonyl (C=O) groups excluding carboxylic acids is 2. The molecular weight excluding hydrogens is 579 g/mol. The van der Waals surface area contributed by atoms with Crippen molar-refractivity contribution in [2.24, 2.45) is 0 Å². The number of carbonyl (C=O) groups is 2. The van der Waals surface area contributed by atoms with Crippen LogP contribution in [0.1, 0.15) is 22.3 Å². The monoisotopic (exact) mass is 615 g/mol. The van der Waals surface area contributed by atoms with Crippen LogP contribution in [0, 0.1) is 13.8 Å². The van der Waals surface area contributed by atoms with Crippen LogP contribution in [0.5, 0.6) is 0 Å². The third-order valence-corrected chi connectivity index (χ3v) is 9.73. The fourth-order valence-electron chi connectivity index (χ4n) is 4.84. The van der Waals surface area contributed by atoms with Crippen LogP contribution in [0.3, 0.4) is 0 Å². The van der Waals surface area contributed by atoms with Gasteiger partial charge in [-0.15, -0.1) is 11.8 Å². The zero-order valence-corrected chi connectivity index (χ0v) is 26.5. The first-order valence-electron chi connectivity index (χ1n) is 14.0. The highest BCUT2D eigenvalue weighted by atomic mass is 32.2. The summed E-state index contributed by atoms with van der Waals surface area (Å²) in [5, 5.41) is 2.71. The third-order valence-electron chi connectivity index (χ3n) is 7.20. The summed E-state index contributed by atoms with van der Waals surface area (Å²) < 4.78 is 29.3. The number of rotatable bonds is 12. The number of thioether (sulfide) groups is 1. The summed E-state index contributed by atoms with van der Waals surface area (Å²) in [6, 6.07) is 30.0. The molecule has 0 aliphatic carbocycles. The minimum atomic E-state index is -4.13. The van der Waals surface area contributed by atoms with E-state index in [1.807, 2.05) is 86.8 Å². The van der Waals surface area contributed by atoms with Gasteiger partial charge in [-0.3, -0.25) is 13.9 Å². The number of benzene rings is 4. The first-order chi connectivity index (χ1) is 20.6. The van der Waals surface area contributed by atoms with E-state index in [-0.39, 0.29) is 23.8 Å². The van der Waals surface area contributed by atoms with E-state index in [1.165, 1.54) is 23.7 Å². The number of sulfonamides is 1. The highest BCUT2D eigenvalue weighted by Crippen LogP contribution is 2.27. The summed E-state index contributed by atoms with van der Waals surface area (Å²) in [6.45, 7) is 3.53.